The van der Waals surface area contributed by atoms with Gasteiger partial charge in [-0.15, -0.1) is 11.3 Å². The van der Waals surface area contributed by atoms with Crippen LogP contribution in [0.4, 0.5) is 0 Å². The zero-order valence-electron chi connectivity index (χ0n) is 12.0. The van der Waals surface area contributed by atoms with Gasteiger partial charge in [0.2, 0.25) is 0 Å². The summed E-state index contributed by atoms with van der Waals surface area (Å²) in [6.07, 6.45) is 2.09. The van der Waals surface area contributed by atoms with Crippen LogP contribution in [0.1, 0.15) is 39.0 Å². The molecular weight excluding hydrogens is 325 g/mol. The van der Waals surface area contributed by atoms with Crippen molar-refractivity contribution in [1.29, 1.82) is 0 Å². The predicted octanol–water partition coefficient (Wildman–Crippen LogP) is 5.25. The highest BCUT2D eigenvalue weighted by atomic mass is 35.5. The minimum atomic E-state index is -0.0588. The van der Waals surface area contributed by atoms with Gasteiger partial charge in [0.1, 0.15) is 0 Å². The van der Waals surface area contributed by atoms with Crippen LogP contribution in [0.2, 0.25) is 10.0 Å². The van der Waals surface area contributed by atoms with Crippen LogP contribution in [0.3, 0.4) is 0 Å². The molecule has 0 spiro atoms. The van der Waals surface area contributed by atoms with E-state index in [1.54, 1.807) is 12.1 Å². The first-order chi connectivity index (χ1) is 10.0. The van der Waals surface area contributed by atoms with Gasteiger partial charge in [-0.2, -0.15) is 0 Å². The van der Waals surface area contributed by atoms with Gasteiger partial charge >= 0.3 is 0 Å². The second kappa shape index (κ2) is 7.30. The van der Waals surface area contributed by atoms with Crippen molar-refractivity contribution in [3.63, 3.8) is 0 Å². The molecule has 1 aromatic carbocycles. The molecule has 0 unspecified atom stereocenters. The molecule has 0 aliphatic carbocycles. The smallest absolute Gasteiger partial charge is 0.261 e. The highest BCUT2D eigenvalue weighted by Gasteiger charge is 2.12. The molecule has 0 aliphatic heterocycles. The standard InChI is InChI=1S/C16H17Cl2NOS/c1-3-4-11-7-15(21-10(11)2)16(20)19-9-12-5-6-13(17)8-14(12)18/h5-8H,3-4,9H2,1-2H3,(H,19,20). The van der Waals surface area contributed by atoms with E-state index in [4.69, 9.17) is 23.2 Å². The van der Waals surface area contributed by atoms with E-state index in [0.717, 1.165) is 23.3 Å². The fourth-order valence-electron chi connectivity index (χ4n) is 2.08. The van der Waals surface area contributed by atoms with Crippen molar-refractivity contribution in [2.45, 2.75) is 33.2 Å². The first kappa shape index (κ1) is 16.3. The van der Waals surface area contributed by atoms with Gasteiger partial charge in [0.05, 0.1) is 4.88 Å². The molecule has 1 heterocycles. The van der Waals surface area contributed by atoms with Crippen LogP contribution in [0.15, 0.2) is 24.3 Å². The van der Waals surface area contributed by atoms with E-state index < -0.39 is 0 Å². The van der Waals surface area contributed by atoms with Crippen LogP contribution in [-0.2, 0) is 13.0 Å². The fraction of sp³-hybridized carbons (Fsp3) is 0.312. The summed E-state index contributed by atoms with van der Waals surface area (Å²) in [5.74, 6) is -0.0588. The van der Waals surface area contributed by atoms with E-state index in [1.165, 1.54) is 21.8 Å². The molecule has 0 saturated carbocycles. The quantitative estimate of drug-likeness (QED) is 0.790. The first-order valence-electron chi connectivity index (χ1n) is 6.82. The molecule has 0 atom stereocenters. The minimum Gasteiger partial charge on any atom is -0.347 e. The number of aryl methyl sites for hydroxylation is 2. The third-order valence-electron chi connectivity index (χ3n) is 3.22. The molecular formula is C16H17Cl2NOS. The topological polar surface area (TPSA) is 29.1 Å². The monoisotopic (exact) mass is 341 g/mol. The Kier molecular flexibility index (Phi) is 5.68. The SMILES string of the molecule is CCCc1cc(C(=O)NCc2ccc(Cl)cc2Cl)sc1C. The molecule has 0 saturated heterocycles. The van der Waals surface area contributed by atoms with E-state index in [2.05, 4.69) is 19.2 Å². The summed E-state index contributed by atoms with van der Waals surface area (Å²) in [5, 5.41) is 4.06. The highest BCUT2D eigenvalue weighted by molar-refractivity contribution is 7.14. The molecule has 1 amide bonds. The number of benzene rings is 1. The second-order valence-corrected chi connectivity index (χ2v) is 6.96. The molecule has 1 aromatic heterocycles. The van der Waals surface area contributed by atoms with Crippen LogP contribution in [0, 0.1) is 6.92 Å². The van der Waals surface area contributed by atoms with Gasteiger partial charge in [0, 0.05) is 21.5 Å². The molecule has 1 N–H and O–H groups in total. The van der Waals surface area contributed by atoms with Crippen molar-refractivity contribution in [2.75, 3.05) is 0 Å². The number of hydrogen-bond acceptors (Lipinski definition) is 2. The molecule has 2 nitrogen and oxygen atoms in total. The lowest BCUT2D eigenvalue weighted by Gasteiger charge is -2.06. The van der Waals surface area contributed by atoms with E-state index in [9.17, 15) is 4.79 Å². The van der Waals surface area contributed by atoms with E-state index in [-0.39, 0.29) is 5.91 Å². The Morgan fingerprint density at radius 3 is 2.67 bits per heavy atom. The molecule has 2 rings (SSSR count). The Balaban J connectivity index is 2.03. The van der Waals surface area contributed by atoms with Crippen molar-refractivity contribution in [2.24, 2.45) is 0 Å². The van der Waals surface area contributed by atoms with Crippen molar-refractivity contribution < 1.29 is 4.79 Å². The summed E-state index contributed by atoms with van der Waals surface area (Å²) in [5.41, 5.74) is 2.12. The molecule has 2 aromatic rings. The highest BCUT2D eigenvalue weighted by Crippen LogP contribution is 2.24. The number of halogens is 2. The number of carbonyl (C=O) groups is 1. The zero-order chi connectivity index (χ0) is 15.4. The maximum atomic E-state index is 12.2. The van der Waals surface area contributed by atoms with E-state index in [0.29, 0.717) is 16.6 Å². The third kappa shape index (κ3) is 4.22. The number of thiophene rings is 1. The number of rotatable bonds is 5. The largest absolute Gasteiger partial charge is 0.347 e. The molecule has 5 heteroatoms. The van der Waals surface area contributed by atoms with E-state index in [1.807, 2.05) is 12.1 Å². The third-order valence-corrected chi connectivity index (χ3v) is 4.90. The van der Waals surface area contributed by atoms with Gasteiger partial charge < -0.3 is 5.32 Å². The molecule has 0 aliphatic rings. The zero-order valence-corrected chi connectivity index (χ0v) is 14.3. The Bertz CT molecular complexity index is 652. The number of amides is 1. The average Bonchev–Trinajstić information content (AvgIpc) is 2.79. The maximum Gasteiger partial charge on any atom is 0.261 e. The lowest BCUT2D eigenvalue weighted by Crippen LogP contribution is -2.21. The fourth-order valence-corrected chi connectivity index (χ4v) is 3.54. The Morgan fingerprint density at radius 1 is 1.24 bits per heavy atom. The summed E-state index contributed by atoms with van der Waals surface area (Å²) in [7, 11) is 0. The van der Waals surface area contributed by atoms with Crippen LogP contribution in [0.5, 0.6) is 0 Å². The molecule has 21 heavy (non-hydrogen) atoms. The summed E-state index contributed by atoms with van der Waals surface area (Å²) in [6.45, 7) is 4.59. The van der Waals surface area contributed by atoms with Crippen molar-refractivity contribution in [1.82, 2.24) is 5.32 Å². The van der Waals surface area contributed by atoms with Crippen LogP contribution < -0.4 is 5.32 Å². The Morgan fingerprint density at radius 2 is 2.00 bits per heavy atom. The molecule has 0 radical (unpaired) electrons. The summed E-state index contributed by atoms with van der Waals surface area (Å²) < 4.78 is 0. The number of nitrogens with one attached hydrogen (secondary N) is 1. The summed E-state index contributed by atoms with van der Waals surface area (Å²) in [4.78, 5) is 14.2. The lowest BCUT2D eigenvalue weighted by molar-refractivity contribution is 0.0955. The van der Waals surface area contributed by atoms with E-state index >= 15 is 0 Å². The molecule has 0 bridgehead atoms. The van der Waals surface area contributed by atoms with Crippen molar-refractivity contribution in [3.05, 3.63) is 55.2 Å². The van der Waals surface area contributed by atoms with Gasteiger partial charge in [-0.3, -0.25) is 4.79 Å². The van der Waals surface area contributed by atoms with Gasteiger partial charge in [-0.1, -0.05) is 42.6 Å². The lowest BCUT2D eigenvalue weighted by atomic mass is 10.1. The number of carbonyl (C=O) groups excluding carboxylic acids is 1. The van der Waals surface area contributed by atoms with Crippen LogP contribution in [-0.4, -0.2) is 5.91 Å². The van der Waals surface area contributed by atoms with Crippen LogP contribution in [0.25, 0.3) is 0 Å². The van der Waals surface area contributed by atoms with Crippen molar-refractivity contribution >= 4 is 40.4 Å². The predicted molar refractivity (Wildman–Crippen MR) is 90.7 cm³/mol. The normalized spacial score (nSPS) is 10.7. The van der Waals surface area contributed by atoms with Crippen LogP contribution >= 0.6 is 34.5 Å². The molecule has 112 valence electrons. The van der Waals surface area contributed by atoms with Crippen molar-refractivity contribution in [3.8, 4) is 0 Å². The first-order valence-corrected chi connectivity index (χ1v) is 8.40. The summed E-state index contributed by atoms with van der Waals surface area (Å²) in [6, 6.07) is 7.26. The molecule has 0 fully saturated rings. The van der Waals surface area contributed by atoms with Gasteiger partial charge in [0.25, 0.3) is 5.91 Å². The minimum absolute atomic E-state index is 0.0588. The summed E-state index contributed by atoms with van der Waals surface area (Å²) >= 11 is 13.5. The number of hydrogen-bond donors (Lipinski definition) is 1. The Labute approximate surface area is 139 Å². The Hall–Kier alpha value is -1.03. The second-order valence-electron chi connectivity index (χ2n) is 4.86. The van der Waals surface area contributed by atoms with Gasteiger partial charge in [-0.25, -0.2) is 0 Å². The van der Waals surface area contributed by atoms with Gasteiger partial charge in [-0.05, 0) is 42.7 Å². The van der Waals surface area contributed by atoms with Gasteiger partial charge in [0.15, 0.2) is 0 Å². The maximum absolute atomic E-state index is 12.2. The average molecular weight is 342 g/mol.